The van der Waals surface area contributed by atoms with Crippen LogP contribution < -0.4 is 0 Å². The first kappa shape index (κ1) is 19.4. The van der Waals surface area contributed by atoms with E-state index < -0.39 is 28.5 Å². The molecule has 2 heterocycles. The number of piperazine rings is 1. The first-order valence-corrected chi connectivity index (χ1v) is 9.94. The number of rotatable bonds is 5. The molecular formula is C17H17ClN2O6S. The third-order valence-corrected chi connectivity index (χ3v) is 6.49. The van der Waals surface area contributed by atoms with Gasteiger partial charge in [-0.05, 0) is 24.3 Å². The van der Waals surface area contributed by atoms with Gasteiger partial charge in [0.05, 0.1) is 11.3 Å². The van der Waals surface area contributed by atoms with Crippen LogP contribution in [0.3, 0.4) is 0 Å². The normalized spacial score (nSPS) is 15.5. The van der Waals surface area contributed by atoms with Crippen molar-refractivity contribution < 1.29 is 27.2 Å². The Balaban J connectivity index is 1.55. The Morgan fingerprint density at radius 1 is 1.07 bits per heavy atom. The molecule has 1 aromatic carbocycles. The highest BCUT2D eigenvalue weighted by Crippen LogP contribution is 2.25. The fourth-order valence-corrected chi connectivity index (χ4v) is 4.57. The van der Waals surface area contributed by atoms with Crippen molar-refractivity contribution in [2.24, 2.45) is 0 Å². The predicted molar refractivity (Wildman–Crippen MR) is 95.8 cm³/mol. The minimum absolute atomic E-state index is 0.0125. The summed E-state index contributed by atoms with van der Waals surface area (Å²) in [4.78, 5) is 25.4. The number of carbonyl (C=O) groups is 2. The quantitative estimate of drug-likeness (QED) is 0.692. The van der Waals surface area contributed by atoms with Crippen molar-refractivity contribution in [3.8, 4) is 0 Å². The molecule has 1 saturated heterocycles. The van der Waals surface area contributed by atoms with Gasteiger partial charge in [-0.25, -0.2) is 13.2 Å². The first-order chi connectivity index (χ1) is 12.9. The number of hydrogen-bond acceptors (Lipinski definition) is 6. The SMILES string of the molecule is O=C(OCC(=O)N1CCN(S(=O)(=O)c2ccccc2Cl)CC1)c1ccco1. The second-order valence-electron chi connectivity index (χ2n) is 5.77. The number of furan rings is 1. The summed E-state index contributed by atoms with van der Waals surface area (Å²) < 4.78 is 36.5. The monoisotopic (exact) mass is 412 g/mol. The van der Waals surface area contributed by atoms with Crippen LogP contribution in [0, 0.1) is 0 Å². The highest BCUT2D eigenvalue weighted by atomic mass is 35.5. The lowest BCUT2D eigenvalue weighted by Crippen LogP contribution is -2.51. The predicted octanol–water partition coefficient (Wildman–Crippen LogP) is 1.62. The molecule has 1 fully saturated rings. The van der Waals surface area contributed by atoms with Crippen molar-refractivity contribution in [3.63, 3.8) is 0 Å². The molecule has 0 bridgehead atoms. The number of halogens is 1. The molecule has 27 heavy (non-hydrogen) atoms. The highest BCUT2D eigenvalue weighted by molar-refractivity contribution is 7.89. The molecule has 3 rings (SSSR count). The summed E-state index contributed by atoms with van der Waals surface area (Å²) in [5.74, 6) is -1.11. The molecule has 0 N–H and O–H groups in total. The molecule has 1 aliphatic rings. The van der Waals surface area contributed by atoms with Gasteiger partial charge in [0.2, 0.25) is 15.8 Å². The van der Waals surface area contributed by atoms with Crippen molar-refractivity contribution in [1.29, 1.82) is 0 Å². The number of ether oxygens (including phenoxy) is 1. The van der Waals surface area contributed by atoms with E-state index in [1.54, 1.807) is 12.1 Å². The Hall–Kier alpha value is -2.36. The third-order valence-electron chi connectivity index (χ3n) is 4.09. The van der Waals surface area contributed by atoms with Crippen LogP contribution in [0.5, 0.6) is 0 Å². The van der Waals surface area contributed by atoms with Crippen molar-refractivity contribution in [3.05, 3.63) is 53.4 Å². The minimum atomic E-state index is -3.73. The van der Waals surface area contributed by atoms with Gasteiger partial charge in [0.25, 0.3) is 5.91 Å². The van der Waals surface area contributed by atoms with E-state index in [9.17, 15) is 18.0 Å². The second kappa shape index (κ2) is 8.12. The number of nitrogens with zero attached hydrogens (tertiary/aromatic N) is 2. The molecule has 0 aliphatic carbocycles. The topological polar surface area (TPSA) is 97.1 Å². The van der Waals surface area contributed by atoms with E-state index in [0.717, 1.165) is 0 Å². The van der Waals surface area contributed by atoms with Gasteiger partial charge in [-0.3, -0.25) is 4.79 Å². The minimum Gasteiger partial charge on any atom is -0.457 e. The van der Waals surface area contributed by atoms with Gasteiger partial charge in [-0.2, -0.15) is 4.31 Å². The Morgan fingerprint density at radius 3 is 2.41 bits per heavy atom. The van der Waals surface area contributed by atoms with Crippen LogP contribution in [0.25, 0.3) is 0 Å². The largest absolute Gasteiger partial charge is 0.457 e. The summed E-state index contributed by atoms with van der Waals surface area (Å²) in [5, 5.41) is 0.154. The van der Waals surface area contributed by atoms with Gasteiger partial charge < -0.3 is 14.1 Å². The molecule has 8 nitrogen and oxygen atoms in total. The molecule has 2 aromatic rings. The number of esters is 1. The summed E-state index contributed by atoms with van der Waals surface area (Å²) in [6.45, 7) is 0.218. The zero-order chi connectivity index (χ0) is 19.4. The standard InChI is InChI=1S/C17H17ClN2O6S/c18-13-4-1-2-6-15(13)27(23,24)20-9-7-19(8-10-20)16(21)12-26-17(22)14-5-3-11-25-14/h1-6,11H,7-10,12H2. The summed E-state index contributed by atoms with van der Waals surface area (Å²) in [6, 6.07) is 9.20. The Labute approximate surface area is 161 Å². The average molecular weight is 413 g/mol. The molecule has 10 heteroatoms. The maximum atomic E-state index is 12.7. The molecule has 0 unspecified atom stereocenters. The van der Waals surface area contributed by atoms with Crippen molar-refractivity contribution in [1.82, 2.24) is 9.21 Å². The van der Waals surface area contributed by atoms with Crippen LogP contribution in [0.2, 0.25) is 5.02 Å². The molecule has 0 saturated carbocycles. The van der Waals surface area contributed by atoms with Gasteiger partial charge in [-0.1, -0.05) is 23.7 Å². The summed E-state index contributed by atoms with van der Waals surface area (Å²) in [5.41, 5.74) is 0. The molecule has 1 aromatic heterocycles. The fourth-order valence-electron chi connectivity index (χ4n) is 2.66. The van der Waals surface area contributed by atoms with Crippen LogP contribution >= 0.6 is 11.6 Å². The maximum absolute atomic E-state index is 12.7. The first-order valence-electron chi connectivity index (χ1n) is 8.12. The molecule has 144 valence electrons. The zero-order valence-electron chi connectivity index (χ0n) is 14.2. The highest BCUT2D eigenvalue weighted by Gasteiger charge is 2.31. The molecule has 0 radical (unpaired) electrons. The van der Waals surface area contributed by atoms with E-state index in [1.165, 1.54) is 39.7 Å². The fraction of sp³-hybridized carbons (Fsp3) is 0.294. The number of benzene rings is 1. The third kappa shape index (κ3) is 4.32. The maximum Gasteiger partial charge on any atom is 0.374 e. The van der Waals surface area contributed by atoms with Crippen molar-refractivity contribution in [2.45, 2.75) is 4.90 Å². The summed E-state index contributed by atoms with van der Waals surface area (Å²) in [7, 11) is -3.73. The number of hydrogen-bond donors (Lipinski definition) is 0. The van der Waals surface area contributed by atoms with E-state index in [1.807, 2.05) is 0 Å². The van der Waals surface area contributed by atoms with Crippen LogP contribution in [0.4, 0.5) is 0 Å². The lowest BCUT2D eigenvalue weighted by atomic mass is 10.3. The Kier molecular flexibility index (Phi) is 5.83. The smallest absolute Gasteiger partial charge is 0.374 e. The van der Waals surface area contributed by atoms with Gasteiger partial charge >= 0.3 is 5.97 Å². The van der Waals surface area contributed by atoms with Crippen LogP contribution in [0.1, 0.15) is 10.6 Å². The number of carbonyl (C=O) groups excluding carboxylic acids is 2. The van der Waals surface area contributed by atoms with E-state index >= 15 is 0 Å². The van der Waals surface area contributed by atoms with Gasteiger partial charge in [-0.15, -0.1) is 0 Å². The van der Waals surface area contributed by atoms with E-state index in [2.05, 4.69) is 0 Å². The van der Waals surface area contributed by atoms with Crippen LogP contribution in [0.15, 0.2) is 52.0 Å². The second-order valence-corrected chi connectivity index (χ2v) is 8.08. The van der Waals surface area contributed by atoms with Crippen molar-refractivity contribution >= 4 is 33.5 Å². The average Bonchev–Trinajstić information content (AvgIpc) is 3.21. The van der Waals surface area contributed by atoms with Gasteiger partial charge in [0.1, 0.15) is 4.90 Å². The molecule has 0 atom stereocenters. The molecule has 1 aliphatic heterocycles. The van der Waals surface area contributed by atoms with Crippen LogP contribution in [-0.2, 0) is 19.6 Å². The number of sulfonamides is 1. The Bertz CT molecular complexity index is 921. The van der Waals surface area contributed by atoms with Gasteiger partial charge in [0, 0.05) is 26.2 Å². The van der Waals surface area contributed by atoms with Crippen LogP contribution in [-0.4, -0.2) is 62.3 Å². The van der Waals surface area contributed by atoms with Crippen molar-refractivity contribution in [2.75, 3.05) is 32.8 Å². The molecule has 1 amide bonds. The van der Waals surface area contributed by atoms with Gasteiger partial charge in [0.15, 0.2) is 6.61 Å². The van der Waals surface area contributed by atoms with E-state index in [4.69, 9.17) is 20.8 Å². The molecular weight excluding hydrogens is 396 g/mol. The summed E-state index contributed by atoms with van der Waals surface area (Å²) >= 11 is 5.99. The Morgan fingerprint density at radius 2 is 1.78 bits per heavy atom. The summed E-state index contributed by atoms with van der Waals surface area (Å²) in [6.07, 6.45) is 1.33. The van der Waals surface area contributed by atoms with E-state index in [-0.39, 0.29) is 41.9 Å². The lowest BCUT2D eigenvalue weighted by molar-refractivity contribution is -0.135. The zero-order valence-corrected chi connectivity index (χ0v) is 15.8. The lowest BCUT2D eigenvalue weighted by Gasteiger charge is -2.34. The molecule has 0 spiro atoms. The van der Waals surface area contributed by atoms with E-state index in [0.29, 0.717) is 0 Å². The number of amides is 1.